The van der Waals surface area contributed by atoms with Crippen LogP contribution < -0.4 is 9.64 Å². The molecule has 29 heavy (non-hydrogen) atoms. The molecule has 0 spiro atoms. The van der Waals surface area contributed by atoms with E-state index in [1.165, 1.54) is 13.8 Å². The van der Waals surface area contributed by atoms with Crippen molar-refractivity contribution in [2.75, 3.05) is 12.0 Å². The first-order valence-corrected chi connectivity index (χ1v) is 9.35. The van der Waals surface area contributed by atoms with Gasteiger partial charge in [0.25, 0.3) is 0 Å². The lowest BCUT2D eigenvalue weighted by Crippen LogP contribution is -2.49. The van der Waals surface area contributed by atoms with Crippen molar-refractivity contribution in [3.8, 4) is 5.75 Å². The lowest BCUT2D eigenvalue weighted by atomic mass is 9.96. The van der Waals surface area contributed by atoms with Gasteiger partial charge in [-0.3, -0.25) is 9.59 Å². The molecule has 0 saturated heterocycles. The second-order valence-corrected chi connectivity index (χ2v) is 7.40. The molecule has 152 valence electrons. The summed E-state index contributed by atoms with van der Waals surface area (Å²) in [5, 5.41) is 22.4. The Labute approximate surface area is 170 Å². The van der Waals surface area contributed by atoms with Gasteiger partial charge in [0.05, 0.1) is 25.1 Å². The fourth-order valence-corrected chi connectivity index (χ4v) is 3.85. The Hall–Kier alpha value is -3.12. The van der Waals surface area contributed by atoms with Crippen molar-refractivity contribution in [3.05, 3.63) is 71.0 Å². The maximum atomic E-state index is 12.5. The lowest BCUT2D eigenvalue weighted by Gasteiger charge is -2.39. The highest BCUT2D eigenvalue weighted by Gasteiger charge is 2.54. The third-order valence-corrected chi connectivity index (χ3v) is 5.18. The molecule has 0 radical (unpaired) electrons. The van der Waals surface area contributed by atoms with Crippen LogP contribution in [0.4, 0.5) is 5.69 Å². The Kier molecular flexibility index (Phi) is 5.48. The number of benzene rings is 2. The van der Waals surface area contributed by atoms with Crippen molar-refractivity contribution >= 4 is 17.3 Å². The number of nitrogens with zero attached hydrogens (tertiary/aromatic N) is 1. The molecule has 6 heteroatoms. The van der Waals surface area contributed by atoms with E-state index in [2.05, 4.69) is 0 Å². The summed E-state index contributed by atoms with van der Waals surface area (Å²) in [5.41, 5.74) is 0.338. The van der Waals surface area contributed by atoms with Gasteiger partial charge < -0.3 is 19.8 Å². The number of ketones is 2. The van der Waals surface area contributed by atoms with Gasteiger partial charge in [0.2, 0.25) is 5.72 Å². The number of hydrogen-bond acceptors (Lipinski definition) is 6. The van der Waals surface area contributed by atoms with E-state index in [9.17, 15) is 19.8 Å². The summed E-state index contributed by atoms with van der Waals surface area (Å²) >= 11 is 0. The standard InChI is InChI=1S/C23H25NO5/c1-14-5-9-18(10-6-14)24-21(17-7-11-19(29-4)12-8-17)20(16(3)26)22(27)23(24,28)13-15(2)25/h5-12,21,27-28H,13H2,1-4H3/t21-,23-/m0/s1. The minimum Gasteiger partial charge on any atom is -0.507 e. The van der Waals surface area contributed by atoms with Crippen LogP contribution in [0.5, 0.6) is 5.75 Å². The highest BCUT2D eigenvalue weighted by Crippen LogP contribution is 2.49. The van der Waals surface area contributed by atoms with Crippen molar-refractivity contribution in [1.82, 2.24) is 0 Å². The number of rotatable bonds is 6. The predicted molar refractivity (Wildman–Crippen MR) is 110 cm³/mol. The molecule has 0 bridgehead atoms. The molecule has 6 nitrogen and oxygen atoms in total. The van der Waals surface area contributed by atoms with Crippen LogP contribution in [0, 0.1) is 6.92 Å². The Balaban J connectivity index is 2.25. The lowest BCUT2D eigenvalue weighted by molar-refractivity contribution is -0.121. The SMILES string of the molecule is COc1ccc([C@H]2C(C(C)=O)=C(O)[C@@](O)(CC(C)=O)N2c2ccc(C)cc2)cc1. The average Bonchev–Trinajstić information content (AvgIpc) is 2.89. The van der Waals surface area contributed by atoms with E-state index >= 15 is 0 Å². The molecule has 1 heterocycles. The maximum absolute atomic E-state index is 12.5. The summed E-state index contributed by atoms with van der Waals surface area (Å²) in [6.45, 7) is 4.62. The molecule has 0 fully saturated rings. The van der Waals surface area contributed by atoms with Gasteiger partial charge in [-0.05, 0) is 50.6 Å². The fraction of sp³-hybridized carbons (Fsp3) is 0.304. The van der Waals surface area contributed by atoms with Crippen LogP contribution in [-0.4, -0.2) is 34.6 Å². The molecule has 0 aromatic heterocycles. The zero-order valence-electron chi connectivity index (χ0n) is 17.0. The number of anilines is 1. The van der Waals surface area contributed by atoms with Crippen LogP contribution in [-0.2, 0) is 9.59 Å². The third kappa shape index (κ3) is 3.63. The molecule has 3 rings (SSSR count). The minimum atomic E-state index is -2.02. The molecule has 1 aliphatic rings. The first-order valence-electron chi connectivity index (χ1n) is 9.35. The number of hydrogen-bond donors (Lipinski definition) is 2. The number of Topliss-reactive ketones (excluding diaryl/α,β-unsaturated/α-hetero) is 2. The second kappa shape index (κ2) is 7.72. The van der Waals surface area contributed by atoms with E-state index in [-0.39, 0.29) is 23.6 Å². The zero-order valence-corrected chi connectivity index (χ0v) is 17.0. The van der Waals surface area contributed by atoms with Crippen LogP contribution in [0.1, 0.15) is 37.4 Å². The van der Waals surface area contributed by atoms with Crippen molar-refractivity contribution in [3.63, 3.8) is 0 Å². The highest BCUT2D eigenvalue weighted by molar-refractivity contribution is 5.98. The molecule has 1 aliphatic heterocycles. The van der Waals surface area contributed by atoms with Gasteiger partial charge in [-0.2, -0.15) is 0 Å². The van der Waals surface area contributed by atoms with Crippen molar-refractivity contribution in [2.24, 2.45) is 0 Å². The fourth-order valence-electron chi connectivity index (χ4n) is 3.85. The van der Waals surface area contributed by atoms with Crippen LogP contribution in [0.15, 0.2) is 59.9 Å². The average molecular weight is 395 g/mol. The normalized spacial score (nSPS) is 21.4. The number of ether oxygens (including phenoxy) is 1. The minimum absolute atomic E-state index is 0.0690. The topological polar surface area (TPSA) is 87.1 Å². The Morgan fingerprint density at radius 3 is 2.14 bits per heavy atom. The van der Waals surface area contributed by atoms with Crippen LogP contribution in [0.3, 0.4) is 0 Å². The van der Waals surface area contributed by atoms with E-state index in [0.29, 0.717) is 17.0 Å². The van der Waals surface area contributed by atoms with E-state index < -0.39 is 17.5 Å². The van der Waals surface area contributed by atoms with Gasteiger partial charge in [-0.25, -0.2) is 0 Å². The second-order valence-electron chi connectivity index (χ2n) is 7.40. The van der Waals surface area contributed by atoms with E-state index in [1.807, 2.05) is 19.1 Å². The smallest absolute Gasteiger partial charge is 0.205 e. The van der Waals surface area contributed by atoms with Crippen LogP contribution in [0.25, 0.3) is 0 Å². The largest absolute Gasteiger partial charge is 0.507 e. The Morgan fingerprint density at radius 1 is 1.07 bits per heavy atom. The zero-order chi connectivity index (χ0) is 21.3. The van der Waals surface area contributed by atoms with Gasteiger partial charge in [0.15, 0.2) is 11.5 Å². The van der Waals surface area contributed by atoms with Gasteiger partial charge in [-0.1, -0.05) is 29.8 Å². The molecular weight excluding hydrogens is 370 g/mol. The first-order chi connectivity index (χ1) is 13.7. The number of carbonyl (C=O) groups excluding carboxylic acids is 2. The summed E-state index contributed by atoms with van der Waals surface area (Å²) in [4.78, 5) is 26.0. The number of aliphatic hydroxyl groups excluding tert-OH is 1. The molecule has 0 saturated carbocycles. The molecule has 0 aliphatic carbocycles. The third-order valence-electron chi connectivity index (χ3n) is 5.18. The highest BCUT2D eigenvalue weighted by atomic mass is 16.5. The summed E-state index contributed by atoms with van der Waals surface area (Å²) in [6, 6.07) is 13.6. The predicted octanol–water partition coefficient (Wildman–Crippen LogP) is 3.63. The monoisotopic (exact) mass is 395 g/mol. The molecule has 2 aromatic rings. The van der Waals surface area contributed by atoms with Crippen molar-refractivity contribution in [1.29, 1.82) is 0 Å². The Morgan fingerprint density at radius 2 is 1.66 bits per heavy atom. The number of aliphatic hydroxyl groups is 2. The van der Waals surface area contributed by atoms with Crippen molar-refractivity contribution < 1.29 is 24.5 Å². The quantitative estimate of drug-likeness (QED) is 0.777. The summed E-state index contributed by atoms with van der Waals surface area (Å²) in [7, 11) is 1.56. The number of aryl methyl sites for hydroxylation is 1. The number of methoxy groups -OCH3 is 1. The summed E-state index contributed by atoms with van der Waals surface area (Å²) < 4.78 is 5.21. The van der Waals surface area contributed by atoms with E-state index in [0.717, 1.165) is 5.56 Å². The van der Waals surface area contributed by atoms with Gasteiger partial charge >= 0.3 is 0 Å². The number of carbonyl (C=O) groups is 2. The maximum Gasteiger partial charge on any atom is 0.205 e. The first kappa shape index (κ1) is 20.6. The Bertz CT molecular complexity index is 962. The van der Waals surface area contributed by atoms with Crippen LogP contribution >= 0.6 is 0 Å². The molecule has 2 atom stereocenters. The van der Waals surface area contributed by atoms with Gasteiger partial charge in [0.1, 0.15) is 11.5 Å². The van der Waals surface area contributed by atoms with Crippen LogP contribution in [0.2, 0.25) is 0 Å². The molecule has 2 N–H and O–H groups in total. The summed E-state index contributed by atoms with van der Waals surface area (Å²) in [5.74, 6) is -0.527. The van der Waals surface area contributed by atoms with Crippen molar-refractivity contribution in [2.45, 2.75) is 39.0 Å². The molecule has 0 amide bonds. The molecule has 0 unspecified atom stereocenters. The van der Waals surface area contributed by atoms with Gasteiger partial charge in [-0.15, -0.1) is 0 Å². The van der Waals surface area contributed by atoms with Gasteiger partial charge in [0, 0.05) is 5.69 Å². The van der Waals surface area contributed by atoms with E-state index in [4.69, 9.17) is 4.74 Å². The summed E-state index contributed by atoms with van der Waals surface area (Å²) in [6.07, 6.45) is -0.351. The molecule has 2 aromatic carbocycles. The van der Waals surface area contributed by atoms with E-state index in [1.54, 1.807) is 48.4 Å². The molecular formula is C23H25NO5.